The van der Waals surface area contributed by atoms with Gasteiger partial charge in [0.05, 0.1) is 4.70 Å². The summed E-state index contributed by atoms with van der Waals surface area (Å²) in [5.74, 6) is -0.113. The van der Waals surface area contributed by atoms with Gasteiger partial charge < -0.3 is 5.32 Å². The van der Waals surface area contributed by atoms with Crippen LogP contribution in [0.3, 0.4) is 0 Å². The Morgan fingerprint density at radius 3 is 3.06 bits per heavy atom. The van der Waals surface area contributed by atoms with Crippen molar-refractivity contribution < 1.29 is 4.39 Å². The van der Waals surface area contributed by atoms with Gasteiger partial charge in [-0.05, 0) is 35.5 Å². The van der Waals surface area contributed by atoms with Gasteiger partial charge >= 0.3 is 0 Å². The van der Waals surface area contributed by atoms with Crippen molar-refractivity contribution >= 4 is 27.0 Å². The predicted octanol–water partition coefficient (Wildman–Crippen LogP) is 3.42. The number of benzene rings is 1. The molecule has 0 atom stereocenters. The Hall–Kier alpha value is -1.19. The second-order valence-electron chi connectivity index (χ2n) is 3.96. The maximum Gasteiger partial charge on any atom is 0.141 e. The molecule has 2 aromatic rings. The molecule has 0 radical (unpaired) electrons. The third kappa shape index (κ3) is 1.56. The van der Waals surface area contributed by atoms with E-state index in [9.17, 15) is 4.39 Å². The fourth-order valence-corrected chi connectivity index (χ4v) is 3.12. The van der Waals surface area contributed by atoms with Crippen LogP contribution in [-0.2, 0) is 0 Å². The van der Waals surface area contributed by atoms with Crippen molar-refractivity contribution in [3.05, 3.63) is 41.0 Å². The van der Waals surface area contributed by atoms with Crippen molar-refractivity contribution in [1.29, 1.82) is 0 Å². The number of thiophene rings is 1. The molecule has 0 bridgehead atoms. The zero-order valence-corrected chi connectivity index (χ0v) is 9.61. The largest absolute Gasteiger partial charge is 0.312 e. The molecule has 0 spiro atoms. The van der Waals surface area contributed by atoms with Gasteiger partial charge in [-0.25, -0.2) is 4.39 Å². The highest BCUT2D eigenvalue weighted by atomic mass is 32.1. The lowest BCUT2D eigenvalue weighted by molar-refractivity contribution is 0.641. The Labute approximate surface area is 97.6 Å². The first-order chi connectivity index (χ1) is 7.86. The van der Waals surface area contributed by atoms with Crippen molar-refractivity contribution in [2.75, 3.05) is 13.1 Å². The van der Waals surface area contributed by atoms with E-state index in [0.29, 0.717) is 0 Å². The number of rotatable bonds is 1. The van der Waals surface area contributed by atoms with Crippen LogP contribution in [-0.4, -0.2) is 13.1 Å². The van der Waals surface area contributed by atoms with Gasteiger partial charge in [0.2, 0.25) is 0 Å². The molecule has 1 aromatic heterocycles. The molecule has 0 unspecified atom stereocenters. The summed E-state index contributed by atoms with van der Waals surface area (Å²) in [4.78, 5) is 0. The Kier molecular flexibility index (Phi) is 2.50. The second kappa shape index (κ2) is 4.00. The minimum absolute atomic E-state index is 0.113. The molecule has 1 nitrogen and oxygen atoms in total. The van der Waals surface area contributed by atoms with E-state index < -0.39 is 0 Å². The molecule has 0 aliphatic carbocycles. The topological polar surface area (TPSA) is 12.0 Å². The van der Waals surface area contributed by atoms with Crippen LogP contribution >= 0.6 is 11.3 Å². The average molecular weight is 233 g/mol. The van der Waals surface area contributed by atoms with Crippen molar-refractivity contribution in [3.63, 3.8) is 0 Å². The molecule has 3 rings (SSSR count). The highest BCUT2D eigenvalue weighted by Gasteiger charge is 2.12. The zero-order valence-electron chi connectivity index (χ0n) is 8.79. The van der Waals surface area contributed by atoms with Gasteiger partial charge in [-0.3, -0.25) is 0 Å². The van der Waals surface area contributed by atoms with E-state index in [1.165, 1.54) is 28.5 Å². The molecule has 82 valence electrons. The Bertz CT molecular complexity index is 556. The SMILES string of the molecule is Fc1cccc2c(C3=CCCNC3)csc12. The number of fused-ring (bicyclic) bond motifs is 1. The summed E-state index contributed by atoms with van der Waals surface area (Å²) in [6.07, 6.45) is 3.31. The van der Waals surface area contributed by atoms with E-state index in [2.05, 4.69) is 16.8 Å². The van der Waals surface area contributed by atoms with Gasteiger partial charge in [-0.15, -0.1) is 11.3 Å². The molecule has 16 heavy (non-hydrogen) atoms. The van der Waals surface area contributed by atoms with Crippen LogP contribution in [0, 0.1) is 5.82 Å². The fraction of sp³-hybridized carbons (Fsp3) is 0.231. The monoisotopic (exact) mass is 233 g/mol. The predicted molar refractivity (Wildman–Crippen MR) is 67.2 cm³/mol. The summed E-state index contributed by atoms with van der Waals surface area (Å²) in [5.41, 5.74) is 2.48. The maximum absolute atomic E-state index is 13.5. The number of hydrogen-bond acceptors (Lipinski definition) is 2. The first-order valence-corrected chi connectivity index (χ1v) is 6.30. The Balaban J connectivity index is 2.17. The summed E-state index contributed by atoms with van der Waals surface area (Å²) in [5, 5.41) is 6.45. The molecule has 0 fully saturated rings. The zero-order chi connectivity index (χ0) is 11.0. The lowest BCUT2D eigenvalue weighted by atomic mass is 10.0. The summed E-state index contributed by atoms with van der Waals surface area (Å²) in [6.45, 7) is 1.93. The van der Waals surface area contributed by atoms with E-state index in [-0.39, 0.29) is 5.82 Å². The standard InChI is InChI=1S/C13H12FNS/c14-12-5-1-4-10-11(8-16-13(10)12)9-3-2-6-15-7-9/h1,3-5,8,15H,2,6-7H2. The van der Waals surface area contributed by atoms with Gasteiger partial charge in [-0.2, -0.15) is 0 Å². The van der Waals surface area contributed by atoms with Crippen LogP contribution in [0.2, 0.25) is 0 Å². The van der Waals surface area contributed by atoms with Crippen molar-refractivity contribution in [2.24, 2.45) is 0 Å². The van der Waals surface area contributed by atoms with E-state index in [1.54, 1.807) is 6.07 Å². The summed E-state index contributed by atoms with van der Waals surface area (Å²) >= 11 is 1.49. The normalized spacial score (nSPS) is 16.4. The second-order valence-corrected chi connectivity index (χ2v) is 4.84. The van der Waals surface area contributed by atoms with Gasteiger partial charge in [0.25, 0.3) is 0 Å². The Morgan fingerprint density at radius 1 is 1.31 bits per heavy atom. The maximum atomic E-state index is 13.5. The quantitative estimate of drug-likeness (QED) is 0.796. The van der Waals surface area contributed by atoms with Crippen molar-refractivity contribution in [2.45, 2.75) is 6.42 Å². The average Bonchev–Trinajstić information content (AvgIpc) is 2.75. The lowest BCUT2D eigenvalue weighted by Crippen LogP contribution is -2.21. The number of hydrogen-bond donors (Lipinski definition) is 1. The van der Waals surface area contributed by atoms with Crippen molar-refractivity contribution in [3.8, 4) is 0 Å². The van der Waals surface area contributed by atoms with Crippen LogP contribution in [0.1, 0.15) is 12.0 Å². The fourth-order valence-electron chi connectivity index (χ4n) is 2.12. The van der Waals surface area contributed by atoms with Gasteiger partial charge in [-0.1, -0.05) is 18.2 Å². The van der Waals surface area contributed by atoms with E-state index in [0.717, 1.165) is 29.6 Å². The van der Waals surface area contributed by atoms with E-state index in [1.807, 2.05) is 6.07 Å². The minimum Gasteiger partial charge on any atom is -0.312 e. The molecule has 1 N–H and O–H groups in total. The molecular weight excluding hydrogens is 221 g/mol. The Morgan fingerprint density at radius 2 is 2.25 bits per heavy atom. The summed E-state index contributed by atoms with van der Waals surface area (Å²) in [6, 6.07) is 5.31. The van der Waals surface area contributed by atoms with Crippen molar-refractivity contribution in [1.82, 2.24) is 5.32 Å². The van der Waals surface area contributed by atoms with Gasteiger partial charge in [0.1, 0.15) is 5.82 Å². The number of halogens is 1. The molecule has 0 saturated heterocycles. The highest BCUT2D eigenvalue weighted by Crippen LogP contribution is 2.33. The molecule has 2 heterocycles. The molecule has 0 saturated carbocycles. The lowest BCUT2D eigenvalue weighted by Gasteiger charge is -2.13. The minimum atomic E-state index is -0.113. The van der Waals surface area contributed by atoms with E-state index >= 15 is 0 Å². The van der Waals surface area contributed by atoms with Gasteiger partial charge in [0.15, 0.2) is 0 Å². The molecule has 1 aliphatic rings. The molecule has 1 aliphatic heterocycles. The number of nitrogens with one attached hydrogen (secondary N) is 1. The summed E-state index contributed by atoms with van der Waals surface area (Å²) in [7, 11) is 0. The molecule has 1 aromatic carbocycles. The molecular formula is C13H12FNS. The first-order valence-electron chi connectivity index (χ1n) is 5.42. The van der Waals surface area contributed by atoms with Crippen LogP contribution in [0.4, 0.5) is 4.39 Å². The third-order valence-electron chi connectivity index (χ3n) is 2.93. The highest BCUT2D eigenvalue weighted by molar-refractivity contribution is 7.17. The summed E-state index contributed by atoms with van der Waals surface area (Å²) < 4.78 is 14.3. The van der Waals surface area contributed by atoms with Crippen LogP contribution in [0.25, 0.3) is 15.7 Å². The smallest absolute Gasteiger partial charge is 0.141 e. The van der Waals surface area contributed by atoms with Crippen LogP contribution in [0.5, 0.6) is 0 Å². The molecule has 0 amide bonds. The first kappa shape index (κ1) is 10.00. The third-order valence-corrected chi connectivity index (χ3v) is 3.93. The van der Waals surface area contributed by atoms with E-state index in [4.69, 9.17) is 0 Å². The van der Waals surface area contributed by atoms with Crippen LogP contribution in [0.15, 0.2) is 29.7 Å². The molecule has 3 heteroatoms. The van der Waals surface area contributed by atoms with Crippen LogP contribution < -0.4 is 5.32 Å². The van der Waals surface area contributed by atoms with Gasteiger partial charge in [0, 0.05) is 11.9 Å².